The Labute approximate surface area is 152 Å². The van der Waals surface area contributed by atoms with Crippen molar-refractivity contribution in [3.63, 3.8) is 0 Å². The Bertz CT molecular complexity index is 848. The Kier molecular flexibility index (Phi) is 5.25. The number of nitrogens with one attached hydrogen (secondary N) is 1. The minimum atomic E-state index is -0.401. The molecule has 0 spiro atoms. The lowest BCUT2D eigenvalue weighted by atomic mass is 10.2. The second kappa shape index (κ2) is 7.58. The Balaban J connectivity index is 1.62. The molecule has 0 saturated carbocycles. The van der Waals surface area contributed by atoms with Gasteiger partial charge in [-0.15, -0.1) is 0 Å². The van der Waals surface area contributed by atoms with Gasteiger partial charge in [0.15, 0.2) is 5.76 Å². The summed E-state index contributed by atoms with van der Waals surface area (Å²) in [5, 5.41) is 2.72. The Morgan fingerprint density at radius 1 is 1.24 bits per heavy atom. The van der Waals surface area contributed by atoms with Gasteiger partial charge in [0.2, 0.25) is 0 Å². The van der Waals surface area contributed by atoms with Gasteiger partial charge >= 0.3 is 0 Å². The van der Waals surface area contributed by atoms with Crippen molar-refractivity contribution in [3.05, 3.63) is 63.9 Å². The van der Waals surface area contributed by atoms with E-state index < -0.39 is 11.8 Å². The number of benzene rings is 1. The molecule has 1 N–H and O–H groups in total. The van der Waals surface area contributed by atoms with Crippen LogP contribution in [0.5, 0.6) is 0 Å². The number of furan rings is 1. The number of carbonyl (C=O) groups excluding carboxylic acids is 3. The van der Waals surface area contributed by atoms with E-state index in [0.717, 1.165) is 16.7 Å². The molecule has 1 aromatic carbocycles. The molecular weight excluding hydrogens is 364 g/mol. The molecule has 0 unspecified atom stereocenters. The second-order valence-corrected chi connectivity index (χ2v) is 6.49. The maximum absolute atomic E-state index is 12.4. The zero-order valence-electron chi connectivity index (χ0n) is 12.9. The van der Waals surface area contributed by atoms with Gasteiger partial charge in [0.25, 0.3) is 17.1 Å². The molecule has 0 bridgehead atoms. The van der Waals surface area contributed by atoms with Gasteiger partial charge in [-0.2, -0.15) is 0 Å². The molecule has 25 heavy (non-hydrogen) atoms. The number of nitrogens with zero attached hydrogens (tertiary/aromatic N) is 1. The van der Waals surface area contributed by atoms with Crippen molar-refractivity contribution < 1.29 is 18.8 Å². The summed E-state index contributed by atoms with van der Waals surface area (Å²) in [6.45, 7) is 0.216. The lowest BCUT2D eigenvalue weighted by Crippen LogP contribution is -2.37. The molecule has 2 heterocycles. The lowest BCUT2D eigenvalue weighted by molar-refractivity contribution is -0.122. The first-order valence-corrected chi connectivity index (χ1v) is 8.57. The van der Waals surface area contributed by atoms with Gasteiger partial charge in [-0.05, 0) is 41.6 Å². The Morgan fingerprint density at radius 2 is 2.04 bits per heavy atom. The molecule has 1 aliphatic rings. The van der Waals surface area contributed by atoms with Crippen molar-refractivity contribution in [2.45, 2.75) is 0 Å². The van der Waals surface area contributed by atoms with Crippen LogP contribution in [-0.2, 0) is 4.79 Å². The van der Waals surface area contributed by atoms with Crippen LogP contribution in [0.3, 0.4) is 0 Å². The van der Waals surface area contributed by atoms with Crippen LogP contribution < -0.4 is 5.32 Å². The average Bonchev–Trinajstić information content (AvgIpc) is 3.21. The molecule has 1 aromatic heterocycles. The Morgan fingerprint density at radius 3 is 2.76 bits per heavy atom. The quantitative estimate of drug-likeness (QED) is 0.809. The van der Waals surface area contributed by atoms with Crippen LogP contribution >= 0.6 is 23.4 Å². The van der Waals surface area contributed by atoms with Gasteiger partial charge < -0.3 is 9.73 Å². The number of hydrogen-bond donors (Lipinski definition) is 1. The monoisotopic (exact) mass is 376 g/mol. The van der Waals surface area contributed by atoms with E-state index in [1.807, 2.05) is 0 Å². The normalized spacial score (nSPS) is 15.9. The highest BCUT2D eigenvalue weighted by Crippen LogP contribution is 2.33. The topological polar surface area (TPSA) is 79.6 Å². The molecule has 6 nitrogen and oxygen atoms in total. The van der Waals surface area contributed by atoms with Gasteiger partial charge in [-0.25, -0.2) is 0 Å². The molecule has 8 heteroatoms. The summed E-state index contributed by atoms with van der Waals surface area (Å²) in [5.41, 5.74) is 0.667. The molecule has 2 aromatic rings. The van der Waals surface area contributed by atoms with E-state index in [1.54, 1.807) is 36.4 Å². The van der Waals surface area contributed by atoms with Crippen LogP contribution in [0.4, 0.5) is 4.79 Å². The third kappa shape index (κ3) is 3.94. The summed E-state index contributed by atoms with van der Waals surface area (Å²) in [6, 6.07) is 10.2. The molecule has 128 valence electrons. The zero-order valence-corrected chi connectivity index (χ0v) is 14.5. The SMILES string of the molecule is O=C(NCCN1C(=O)S/C(=C\c2ccccc2Cl)C1=O)c1ccco1. The van der Waals surface area contributed by atoms with E-state index >= 15 is 0 Å². The van der Waals surface area contributed by atoms with E-state index in [-0.39, 0.29) is 24.1 Å². The zero-order chi connectivity index (χ0) is 17.8. The van der Waals surface area contributed by atoms with Crippen LogP contribution in [0.2, 0.25) is 5.02 Å². The van der Waals surface area contributed by atoms with Crippen molar-refractivity contribution in [2.24, 2.45) is 0 Å². The van der Waals surface area contributed by atoms with Crippen LogP contribution in [0.25, 0.3) is 6.08 Å². The molecule has 0 radical (unpaired) electrons. The highest BCUT2D eigenvalue weighted by Gasteiger charge is 2.34. The van der Waals surface area contributed by atoms with Crippen molar-refractivity contribution in [1.82, 2.24) is 10.2 Å². The molecule has 3 rings (SSSR count). The van der Waals surface area contributed by atoms with E-state index in [2.05, 4.69) is 5.32 Å². The van der Waals surface area contributed by atoms with Crippen molar-refractivity contribution >= 4 is 46.5 Å². The third-order valence-electron chi connectivity index (χ3n) is 3.43. The minimum Gasteiger partial charge on any atom is -0.459 e. The number of halogens is 1. The highest BCUT2D eigenvalue weighted by molar-refractivity contribution is 8.18. The van der Waals surface area contributed by atoms with Gasteiger partial charge in [-0.3, -0.25) is 19.3 Å². The van der Waals surface area contributed by atoms with Gasteiger partial charge in [0, 0.05) is 18.1 Å². The summed E-state index contributed by atoms with van der Waals surface area (Å²) in [7, 11) is 0. The fraction of sp³-hybridized carbons (Fsp3) is 0.118. The first-order valence-electron chi connectivity index (χ1n) is 7.38. The number of amides is 3. The van der Waals surface area contributed by atoms with Gasteiger partial charge in [0.1, 0.15) is 0 Å². The number of rotatable bonds is 5. The molecule has 1 fully saturated rings. The van der Waals surface area contributed by atoms with Crippen molar-refractivity contribution in [3.8, 4) is 0 Å². The van der Waals surface area contributed by atoms with Crippen LogP contribution in [0.15, 0.2) is 52.0 Å². The van der Waals surface area contributed by atoms with Gasteiger partial charge in [-0.1, -0.05) is 29.8 Å². The number of hydrogen-bond acceptors (Lipinski definition) is 5. The van der Waals surface area contributed by atoms with Crippen LogP contribution in [0.1, 0.15) is 16.1 Å². The van der Waals surface area contributed by atoms with E-state index in [0.29, 0.717) is 15.5 Å². The summed E-state index contributed by atoms with van der Waals surface area (Å²) < 4.78 is 4.97. The van der Waals surface area contributed by atoms with Gasteiger partial charge in [0.05, 0.1) is 11.2 Å². The third-order valence-corrected chi connectivity index (χ3v) is 4.68. The smallest absolute Gasteiger partial charge is 0.293 e. The largest absolute Gasteiger partial charge is 0.459 e. The summed E-state index contributed by atoms with van der Waals surface area (Å²) >= 11 is 6.92. The van der Waals surface area contributed by atoms with E-state index in [4.69, 9.17) is 16.0 Å². The molecule has 0 aliphatic carbocycles. The first kappa shape index (κ1) is 17.3. The average molecular weight is 377 g/mol. The molecular formula is C17H13ClN2O4S. The van der Waals surface area contributed by atoms with E-state index in [1.165, 1.54) is 12.3 Å². The maximum Gasteiger partial charge on any atom is 0.293 e. The second-order valence-electron chi connectivity index (χ2n) is 5.09. The number of imide groups is 1. The van der Waals surface area contributed by atoms with Crippen LogP contribution in [0, 0.1) is 0 Å². The molecule has 0 atom stereocenters. The van der Waals surface area contributed by atoms with E-state index in [9.17, 15) is 14.4 Å². The lowest BCUT2D eigenvalue weighted by Gasteiger charge is -2.12. The van der Waals surface area contributed by atoms with Crippen molar-refractivity contribution in [2.75, 3.05) is 13.1 Å². The standard InChI is InChI=1S/C17H13ClN2O4S/c18-12-5-2-1-4-11(12)10-14-16(22)20(17(23)25-14)8-7-19-15(21)13-6-3-9-24-13/h1-6,9-10H,7-8H2,(H,19,21)/b14-10-. The summed E-state index contributed by atoms with van der Waals surface area (Å²) in [4.78, 5) is 37.6. The summed E-state index contributed by atoms with van der Waals surface area (Å²) in [5.74, 6) is -0.626. The maximum atomic E-state index is 12.4. The minimum absolute atomic E-state index is 0.0803. The molecule has 3 amide bonds. The first-order chi connectivity index (χ1) is 12.1. The number of thioether (sulfide) groups is 1. The fourth-order valence-electron chi connectivity index (χ4n) is 2.20. The highest BCUT2D eigenvalue weighted by atomic mass is 35.5. The predicted octanol–water partition coefficient (Wildman–Crippen LogP) is 3.40. The molecule has 1 aliphatic heterocycles. The fourth-order valence-corrected chi connectivity index (χ4v) is 3.25. The van der Waals surface area contributed by atoms with Crippen molar-refractivity contribution in [1.29, 1.82) is 0 Å². The summed E-state index contributed by atoms with van der Waals surface area (Å²) in [6.07, 6.45) is 2.99. The Hall–Kier alpha value is -2.51. The predicted molar refractivity (Wildman–Crippen MR) is 95.2 cm³/mol. The van der Waals surface area contributed by atoms with Crippen LogP contribution in [-0.4, -0.2) is 35.0 Å². The number of carbonyl (C=O) groups is 3. The molecule has 1 saturated heterocycles.